The van der Waals surface area contributed by atoms with Gasteiger partial charge < -0.3 is 15.1 Å². The molecule has 0 aromatic heterocycles. The molecule has 1 aliphatic heterocycles. The first-order chi connectivity index (χ1) is 13.8. The van der Waals surface area contributed by atoms with Crippen LogP contribution in [0.5, 0.6) is 0 Å². The summed E-state index contributed by atoms with van der Waals surface area (Å²) in [4.78, 5) is 30.0. The van der Waals surface area contributed by atoms with Crippen molar-refractivity contribution >= 4 is 17.5 Å². The number of nitrogens with zero attached hydrogens (tertiary/aromatic N) is 2. The van der Waals surface area contributed by atoms with Crippen LogP contribution in [0, 0.1) is 0 Å². The summed E-state index contributed by atoms with van der Waals surface area (Å²) >= 11 is 0. The molecule has 3 rings (SSSR count). The van der Waals surface area contributed by atoms with Crippen molar-refractivity contribution in [2.45, 2.75) is 33.1 Å². The molecule has 0 saturated carbocycles. The lowest BCUT2D eigenvalue weighted by atomic mass is 9.86. The average molecular weight is 394 g/mol. The number of likely N-dealkylation sites (N-methyl/N-ethyl adjacent to an activating group) is 1. The van der Waals surface area contributed by atoms with E-state index in [2.05, 4.69) is 37.9 Å². The predicted octanol–water partition coefficient (Wildman–Crippen LogP) is 4.01. The number of carbonyl (C=O) groups is 2. The molecule has 0 aliphatic carbocycles. The Morgan fingerprint density at radius 1 is 0.931 bits per heavy atom. The molecule has 29 heavy (non-hydrogen) atoms. The van der Waals surface area contributed by atoms with Gasteiger partial charge >= 0.3 is 0 Å². The standard InChI is InChI=1S/C24H31N3O2/c1-5-26-13-15-27(16-14-26)23(29)19-10-8-9-18(17-19)22(28)25-21-12-7-6-11-20(21)24(2,3)4/h6-12,17H,5,13-16H2,1-4H3,(H,25,28). The fourth-order valence-electron chi connectivity index (χ4n) is 3.68. The minimum Gasteiger partial charge on any atom is -0.336 e. The quantitative estimate of drug-likeness (QED) is 0.854. The van der Waals surface area contributed by atoms with Crippen LogP contribution >= 0.6 is 0 Å². The maximum atomic E-state index is 12.9. The van der Waals surface area contributed by atoms with Crippen molar-refractivity contribution in [1.82, 2.24) is 9.80 Å². The number of hydrogen-bond donors (Lipinski definition) is 1. The summed E-state index contributed by atoms with van der Waals surface area (Å²) in [5.74, 6) is -0.211. The molecule has 0 radical (unpaired) electrons. The van der Waals surface area contributed by atoms with Crippen LogP contribution in [0.15, 0.2) is 48.5 Å². The highest BCUT2D eigenvalue weighted by molar-refractivity contribution is 6.06. The van der Waals surface area contributed by atoms with E-state index in [1.54, 1.807) is 24.3 Å². The Morgan fingerprint density at radius 3 is 2.24 bits per heavy atom. The van der Waals surface area contributed by atoms with Gasteiger partial charge in [0.1, 0.15) is 0 Å². The number of nitrogens with one attached hydrogen (secondary N) is 1. The van der Waals surface area contributed by atoms with Crippen molar-refractivity contribution in [2.75, 3.05) is 38.0 Å². The molecule has 0 atom stereocenters. The van der Waals surface area contributed by atoms with Crippen molar-refractivity contribution in [2.24, 2.45) is 0 Å². The molecule has 1 N–H and O–H groups in total. The molecule has 0 spiro atoms. The van der Waals surface area contributed by atoms with Crippen LogP contribution < -0.4 is 5.32 Å². The maximum Gasteiger partial charge on any atom is 0.255 e. The third kappa shape index (κ3) is 5.04. The minimum atomic E-state index is -0.202. The van der Waals surface area contributed by atoms with Gasteiger partial charge in [-0.1, -0.05) is 52.0 Å². The number of amides is 2. The van der Waals surface area contributed by atoms with Crippen LogP contribution in [0.2, 0.25) is 0 Å². The molecule has 1 aliphatic rings. The van der Waals surface area contributed by atoms with Crippen molar-refractivity contribution in [3.8, 4) is 0 Å². The molecule has 2 amide bonds. The average Bonchev–Trinajstić information content (AvgIpc) is 2.73. The van der Waals surface area contributed by atoms with E-state index in [0.29, 0.717) is 11.1 Å². The first-order valence-corrected chi connectivity index (χ1v) is 10.3. The molecular formula is C24H31N3O2. The van der Waals surface area contributed by atoms with Gasteiger partial charge in [-0.2, -0.15) is 0 Å². The van der Waals surface area contributed by atoms with Crippen molar-refractivity contribution in [3.05, 3.63) is 65.2 Å². The number of hydrogen-bond acceptors (Lipinski definition) is 3. The Bertz CT molecular complexity index is 878. The van der Waals surface area contributed by atoms with E-state index >= 15 is 0 Å². The molecule has 1 heterocycles. The smallest absolute Gasteiger partial charge is 0.255 e. The number of anilines is 1. The zero-order valence-electron chi connectivity index (χ0n) is 17.9. The zero-order chi connectivity index (χ0) is 21.0. The van der Waals surface area contributed by atoms with E-state index in [-0.39, 0.29) is 17.2 Å². The van der Waals surface area contributed by atoms with Crippen molar-refractivity contribution in [3.63, 3.8) is 0 Å². The lowest BCUT2D eigenvalue weighted by Gasteiger charge is -2.34. The number of para-hydroxylation sites is 1. The van der Waals surface area contributed by atoms with Gasteiger partial charge in [-0.3, -0.25) is 9.59 Å². The third-order valence-electron chi connectivity index (χ3n) is 5.46. The summed E-state index contributed by atoms with van der Waals surface area (Å²) in [6.45, 7) is 12.7. The van der Waals surface area contributed by atoms with Gasteiger partial charge in [-0.25, -0.2) is 0 Å². The summed E-state index contributed by atoms with van der Waals surface area (Å²) in [7, 11) is 0. The van der Waals surface area contributed by atoms with Gasteiger partial charge in [-0.05, 0) is 41.8 Å². The SMILES string of the molecule is CCN1CCN(C(=O)c2cccc(C(=O)Nc3ccccc3C(C)(C)C)c2)CC1. The minimum absolute atomic E-state index is 0.00880. The maximum absolute atomic E-state index is 12.9. The van der Waals surface area contributed by atoms with Gasteiger partial charge in [0.15, 0.2) is 0 Å². The van der Waals surface area contributed by atoms with E-state index in [1.807, 2.05) is 29.2 Å². The Hall–Kier alpha value is -2.66. The molecular weight excluding hydrogens is 362 g/mol. The van der Waals surface area contributed by atoms with Gasteiger partial charge in [0.2, 0.25) is 0 Å². The highest BCUT2D eigenvalue weighted by atomic mass is 16.2. The number of piperazine rings is 1. The van der Waals surface area contributed by atoms with Gasteiger partial charge in [0.25, 0.3) is 11.8 Å². The monoisotopic (exact) mass is 393 g/mol. The summed E-state index contributed by atoms with van der Waals surface area (Å²) in [5, 5.41) is 3.02. The molecule has 1 fully saturated rings. The van der Waals surface area contributed by atoms with Crippen LogP contribution in [0.1, 0.15) is 54.0 Å². The summed E-state index contributed by atoms with van der Waals surface area (Å²) in [5.41, 5.74) is 2.85. The van der Waals surface area contributed by atoms with E-state index in [4.69, 9.17) is 0 Å². The van der Waals surface area contributed by atoms with Gasteiger partial charge in [0.05, 0.1) is 0 Å². The number of carbonyl (C=O) groups excluding carboxylic acids is 2. The second-order valence-corrected chi connectivity index (χ2v) is 8.56. The van der Waals surface area contributed by atoms with Crippen LogP contribution in [0.3, 0.4) is 0 Å². The number of rotatable bonds is 4. The Balaban J connectivity index is 1.75. The van der Waals surface area contributed by atoms with Gasteiger partial charge in [0, 0.05) is 43.0 Å². The van der Waals surface area contributed by atoms with Crippen molar-refractivity contribution in [1.29, 1.82) is 0 Å². The van der Waals surface area contributed by atoms with Crippen molar-refractivity contribution < 1.29 is 9.59 Å². The topological polar surface area (TPSA) is 52.7 Å². The molecule has 2 aromatic rings. The molecule has 1 saturated heterocycles. The van der Waals surface area contributed by atoms with E-state index < -0.39 is 0 Å². The first-order valence-electron chi connectivity index (χ1n) is 10.3. The van der Waals surface area contributed by atoms with E-state index in [9.17, 15) is 9.59 Å². The third-order valence-corrected chi connectivity index (χ3v) is 5.46. The lowest BCUT2D eigenvalue weighted by Crippen LogP contribution is -2.48. The summed E-state index contributed by atoms with van der Waals surface area (Å²) in [6, 6.07) is 14.9. The summed E-state index contributed by atoms with van der Waals surface area (Å²) < 4.78 is 0. The highest BCUT2D eigenvalue weighted by Crippen LogP contribution is 2.29. The Labute approximate surface area is 173 Å². The highest BCUT2D eigenvalue weighted by Gasteiger charge is 2.23. The predicted molar refractivity (Wildman–Crippen MR) is 118 cm³/mol. The molecule has 0 unspecified atom stereocenters. The normalized spacial score (nSPS) is 15.2. The fourth-order valence-corrected chi connectivity index (χ4v) is 3.68. The van der Waals surface area contributed by atoms with Crippen LogP contribution in [-0.4, -0.2) is 54.3 Å². The van der Waals surface area contributed by atoms with Crippen LogP contribution in [0.4, 0.5) is 5.69 Å². The Kier molecular flexibility index (Phi) is 6.38. The second-order valence-electron chi connectivity index (χ2n) is 8.56. The van der Waals surface area contributed by atoms with E-state index in [1.165, 1.54) is 0 Å². The van der Waals surface area contributed by atoms with E-state index in [0.717, 1.165) is 44.0 Å². The molecule has 2 aromatic carbocycles. The lowest BCUT2D eigenvalue weighted by molar-refractivity contribution is 0.0643. The molecule has 154 valence electrons. The van der Waals surface area contributed by atoms with Crippen LogP contribution in [-0.2, 0) is 5.41 Å². The van der Waals surface area contributed by atoms with Gasteiger partial charge in [-0.15, -0.1) is 0 Å². The fraction of sp³-hybridized carbons (Fsp3) is 0.417. The Morgan fingerprint density at radius 2 is 1.59 bits per heavy atom. The first kappa shape index (κ1) is 21.1. The number of benzene rings is 2. The summed E-state index contributed by atoms with van der Waals surface area (Å²) in [6.07, 6.45) is 0. The molecule has 5 heteroatoms. The molecule has 5 nitrogen and oxygen atoms in total. The molecule has 0 bridgehead atoms. The van der Waals surface area contributed by atoms with Crippen LogP contribution in [0.25, 0.3) is 0 Å². The zero-order valence-corrected chi connectivity index (χ0v) is 17.9. The second kappa shape index (κ2) is 8.78. The largest absolute Gasteiger partial charge is 0.336 e.